The maximum Gasteiger partial charge on any atom is 0.407 e. The van der Waals surface area contributed by atoms with Crippen molar-refractivity contribution in [1.82, 2.24) is 15.6 Å². The first kappa shape index (κ1) is 31.3. The molecule has 38 heavy (non-hydrogen) atoms. The zero-order valence-corrected chi connectivity index (χ0v) is 24.0. The van der Waals surface area contributed by atoms with Gasteiger partial charge in [0.2, 0.25) is 0 Å². The summed E-state index contributed by atoms with van der Waals surface area (Å²) in [6.07, 6.45) is -0.404. The van der Waals surface area contributed by atoms with Crippen molar-refractivity contribution in [3.8, 4) is 22.6 Å². The largest absolute Gasteiger partial charge is 0.444 e. The maximum absolute atomic E-state index is 11.5. The third-order valence-electron chi connectivity index (χ3n) is 4.48. The highest BCUT2D eigenvalue weighted by atomic mass is 35.5. The molecule has 0 aliphatic heterocycles. The van der Waals surface area contributed by atoms with E-state index in [4.69, 9.17) is 19.5 Å². The average Bonchev–Trinajstić information content (AvgIpc) is 3.56. The number of alkyl carbamates (subject to hydrolysis) is 1. The summed E-state index contributed by atoms with van der Waals surface area (Å²) < 4.78 is 15.7. The SMILES string of the molecule is CC(C)(C)OC(=O)NCCSc1cc(-c2ccccc2)on1.Cl.NCCSc1cc(-c2ccccc2)on1. The molecule has 2 aromatic heterocycles. The number of nitrogens with two attached hydrogens (primary N) is 1. The molecule has 0 atom stereocenters. The van der Waals surface area contributed by atoms with Gasteiger partial charge in [-0.05, 0) is 20.8 Å². The van der Waals surface area contributed by atoms with Gasteiger partial charge < -0.3 is 24.8 Å². The van der Waals surface area contributed by atoms with E-state index < -0.39 is 11.7 Å². The first-order valence-electron chi connectivity index (χ1n) is 11.8. The lowest BCUT2D eigenvalue weighted by atomic mass is 10.2. The number of benzene rings is 2. The highest BCUT2D eigenvalue weighted by molar-refractivity contribution is 7.99. The van der Waals surface area contributed by atoms with Crippen molar-refractivity contribution in [2.75, 3.05) is 24.6 Å². The summed E-state index contributed by atoms with van der Waals surface area (Å²) in [6, 6.07) is 23.6. The third-order valence-corrected chi connectivity index (χ3v) is 6.31. The fourth-order valence-corrected chi connectivity index (χ4v) is 4.22. The van der Waals surface area contributed by atoms with E-state index in [-0.39, 0.29) is 12.4 Å². The number of ether oxygens (including phenoxy) is 1. The predicted molar refractivity (Wildman–Crippen MR) is 156 cm³/mol. The lowest BCUT2D eigenvalue weighted by Gasteiger charge is -2.19. The summed E-state index contributed by atoms with van der Waals surface area (Å²) in [6.45, 7) is 6.66. The van der Waals surface area contributed by atoms with Gasteiger partial charge in [-0.15, -0.1) is 35.9 Å². The van der Waals surface area contributed by atoms with Gasteiger partial charge >= 0.3 is 6.09 Å². The molecule has 0 radical (unpaired) electrons. The van der Waals surface area contributed by atoms with Gasteiger partial charge in [-0.25, -0.2) is 4.79 Å². The van der Waals surface area contributed by atoms with E-state index in [1.54, 1.807) is 11.8 Å². The molecule has 1 amide bonds. The molecule has 204 valence electrons. The Balaban J connectivity index is 0.000000277. The molecule has 0 unspecified atom stereocenters. The Morgan fingerprint density at radius 2 is 1.34 bits per heavy atom. The van der Waals surface area contributed by atoms with Crippen molar-refractivity contribution < 1.29 is 18.6 Å². The summed E-state index contributed by atoms with van der Waals surface area (Å²) in [7, 11) is 0. The third kappa shape index (κ3) is 11.2. The first-order chi connectivity index (χ1) is 17.8. The number of nitrogens with zero attached hydrogens (tertiary/aromatic N) is 2. The Morgan fingerprint density at radius 3 is 1.79 bits per heavy atom. The van der Waals surface area contributed by atoms with Gasteiger partial charge in [-0.1, -0.05) is 71.0 Å². The highest BCUT2D eigenvalue weighted by Crippen LogP contribution is 2.25. The van der Waals surface area contributed by atoms with Gasteiger partial charge in [0, 0.05) is 47.9 Å². The molecule has 4 aromatic rings. The van der Waals surface area contributed by atoms with Crippen molar-refractivity contribution in [2.45, 2.75) is 36.4 Å². The van der Waals surface area contributed by atoms with Crippen LogP contribution in [0.15, 0.2) is 91.9 Å². The van der Waals surface area contributed by atoms with E-state index >= 15 is 0 Å². The molecular weight excluding hydrogens is 544 g/mol. The summed E-state index contributed by atoms with van der Waals surface area (Å²) in [5, 5.41) is 12.4. The van der Waals surface area contributed by atoms with Gasteiger partial charge in [-0.3, -0.25) is 0 Å². The van der Waals surface area contributed by atoms with E-state index in [9.17, 15) is 4.79 Å². The lowest BCUT2D eigenvalue weighted by Crippen LogP contribution is -2.33. The van der Waals surface area contributed by atoms with Crippen LogP contribution in [0, 0.1) is 0 Å². The van der Waals surface area contributed by atoms with E-state index in [1.807, 2.05) is 93.6 Å². The molecule has 3 N–H and O–H groups in total. The van der Waals surface area contributed by atoms with Crippen molar-refractivity contribution >= 4 is 42.0 Å². The number of rotatable bonds is 9. The van der Waals surface area contributed by atoms with Crippen LogP contribution in [0.25, 0.3) is 22.6 Å². The number of carbonyl (C=O) groups is 1. The number of halogens is 1. The standard InChI is InChI=1S/C16H20N2O3S.C11H12N2OS.ClH/c1-16(2,3)20-15(19)17-9-10-22-14-11-13(21-18-14)12-7-5-4-6-8-12;12-6-7-15-11-8-10(14-13-11)9-4-2-1-3-5-9;/h4-8,11H,9-10H2,1-3H3,(H,17,19);1-5,8H,6-7,12H2;1H. The monoisotopic (exact) mass is 576 g/mol. The van der Waals surface area contributed by atoms with Crippen molar-refractivity contribution in [3.05, 3.63) is 72.8 Å². The van der Waals surface area contributed by atoms with Crippen molar-refractivity contribution in [2.24, 2.45) is 5.73 Å². The van der Waals surface area contributed by atoms with Crippen LogP contribution in [0.2, 0.25) is 0 Å². The van der Waals surface area contributed by atoms with Gasteiger partial charge in [0.05, 0.1) is 0 Å². The number of hydrogen-bond donors (Lipinski definition) is 2. The molecule has 0 spiro atoms. The smallest absolute Gasteiger partial charge is 0.407 e. The Hall–Kier alpha value is -2.92. The molecule has 0 saturated carbocycles. The molecule has 2 heterocycles. The highest BCUT2D eigenvalue weighted by Gasteiger charge is 2.15. The van der Waals surface area contributed by atoms with E-state index in [2.05, 4.69) is 15.6 Å². The van der Waals surface area contributed by atoms with E-state index in [0.717, 1.165) is 38.5 Å². The molecule has 0 saturated heterocycles. The zero-order chi connectivity index (χ0) is 26.5. The Morgan fingerprint density at radius 1 is 0.868 bits per heavy atom. The minimum Gasteiger partial charge on any atom is -0.444 e. The van der Waals surface area contributed by atoms with Crippen molar-refractivity contribution in [3.63, 3.8) is 0 Å². The van der Waals surface area contributed by atoms with E-state index in [1.165, 1.54) is 11.8 Å². The number of aromatic nitrogens is 2. The maximum atomic E-state index is 11.5. The summed E-state index contributed by atoms with van der Waals surface area (Å²) >= 11 is 3.13. The predicted octanol–water partition coefficient (Wildman–Crippen LogP) is 6.77. The quantitative estimate of drug-likeness (QED) is 0.164. The second kappa shape index (κ2) is 16.1. The van der Waals surface area contributed by atoms with Crippen LogP contribution in [-0.2, 0) is 4.74 Å². The zero-order valence-electron chi connectivity index (χ0n) is 21.6. The number of hydrogen-bond acceptors (Lipinski definition) is 9. The Kier molecular flexibility index (Phi) is 13.3. The normalized spacial score (nSPS) is 10.6. The van der Waals surface area contributed by atoms with Gasteiger partial charge in [0.1, 0.15) is 15.7 Å². The first-order valence-corrected chi connectivity index (χ1v) is 13.8. The average molecular weight is 577 g/mol. The number of thioether (sulfide) groups is 2. The van der Waals surface area contributed by atoms with Crippen LogP contribution >= 0.6 is 35.9 Å². The molecule has 4 rings (SSSR count). The molecule has 0 aliphatic rings. The molecule has 2 aromatic carbocycles. The molecule has 11 heteroatoms. The van der Waals surface area contributed by atoms with E-state index in [0.29, 0.717) is 18.8 Å². The minimum atomic E-state index is -0.478. The molecule has 0 aliphatic carbocycles. The van der Waals surface area contributed by atoms with Crippen LogP contribution in [0.1, 0.15) is 20.8 Å². The number of carbonyl (C=O) groups excluding carboxylic acids is 1. The summed E-state index contributed by atoms with van der Waals surface area (Å²) in [5.74, 6) is 3.10. The van der Waals surface area contributed by atoms with Crippen molar-refractivity contribution in [1.29, 1.82) is 0 Å². The van der Waals surface area contributed by atoms with Gasteiger partial charge in [0.15, 0.2) is 11.5 Å². The fourth-order valence-electron chi connectivity index (χ4n) is 2.92. The number of amides is 1. The second-order valence-electron chi connectivity index (χ2n) is 8.71. The van der Waals surface area contributed by atoms with Gasteiger partial charge in [0.25, 0.3) is 0 Å². The van der Waals surface area contributed by atoms with Crippen LogP contribution in [0.5, 0.6) is 0 Å². The molecule has 0 fully saturated rings. The van der Waals surface area contributed by atoms with Crippen LogP contribution in [0.3, 0.4) is 0 Å². The lowest BCUT2D eigenvalue weighted by molar-refractivity contribution is 0.0531. The molecule has 8 nitrogen and oxygen atoms in total. The van der Waals surface area contributed by atoms with Gasteiger partial charge in [-0.2, -0.15) is 0 Å². The minimum absolute atomic E-state index is 0. The van der Waals surface area contributed by atoms with Crippen LogP contribution < -0.4 is 11.1 Å². The fraction of sp³-hybridized carbons (Fsp3) is 0.296. The van der Waals surface area contributed by atoms with Crippen LogP contribution in [-0.4, -0.2) is 46.6 Å². The summed E-state index contributed by atoms with van der Waals surface area (Å²) in [4.78, 5) is 11.5. The Bertz CT molecular complexity index is 1210. The topological polar surface area (TPSA) is 116 Å². The molecular formula is C27H33ClN4O4S2. The Labute approximate surface area is 237 Å². The summed E-state index contributed by atoms with van der Waals surface area (Å²) in [5.41, 5.74) is 6.98. The second-order valence-corrected chi connectivity index (χ2v) is 10.9. The molecule has 0 bridgehead atoms. The van der Waals surface area contributed by atoms with Crippen LogP contribution in [0.4, 0.5) is 4.79 Å². The number of nitrogens with one attached hydrogen (secondary N) is 1.